The van der Waals surface area contributed by atoms with E-state index in [1.807, 2.05) is 30.3 Å². The van der Waals surface area contributed by atoms with Gasteiger partial charge in [-0.05, 0) is 29.2 Å². The maximum Gasteiger partial charge on any atom is 0.253 e. The normalized spacial score (nSPS) is 12.9. The van der Waals surface area contributed by atoms with Gasteiger partial charge in [0.15, 0.2) is 5.82 Å². The highest BCUT2D eigenvalue weighted by atomic mass is 16.2. The van der Waals surface area contributed by atoms with Crippen LogP contribution in [0.4, 0.5) is 5.82 Å². The number of aromatic nitrogens is 2. The van der Waals surface area contributed by atoms with Crippen LogP contribution in [0.2, 0.25) is 0 Å². The molecule has 0 saturated heterocycles. The number of nitrogens with zero attached hydrogens (tertiary/aromatic N) is 4. The van der Waals surface area contributed by atoms with Crippen molar-refractivity contribution in [2.45, 2.75) is 32.7 Å². The van der Waals surface area contributed by atoms with Gasteiger partial charge >= 0.3 is 0 Å². The lowest BCUT2D eigenvalue weighted by Gasteiger charge is -2.18. The first-order valence-electron chi connectivity index (χ1n) is 10.4. The van der Waals surface area contributed by atoms with Gasteiger partial charge in [0, 0.05) is 37.0 Å². The third-order valence-electron chi connectivity index (χ3n) is 5.51. The van der Waals surface area contributed by atoms with Gasteiger partial charge in [0.2, 0.25) is 5.91 Å². The van der Waals surface area contributed by atoms with Crippen LogP contribution < -0.4 is 4.90 Å². The molecule has 1 aliphatic heterocycles. The second-order valence-electron chi connectivity index (χ2n) is 8.34. The number of hydrogen-bond donors (Lipinski definition) is 0. The van der Waals surface area contributed by atoms with E-state index in [4.69, 9.17) is 4.98 Å². The number of fused-ring (bicyclic) bond motifs is 1. The average Bonchev–Trinajstić information content (AvgIpc) is 3.08. The molecular weight excluding hydrogens is 388 g/mol. The number of anilines is 1. The van der Waals surface area contributed by atoms with E-state index in [2.05, 4.69) is 24.9 Å². The Morgan fingerprint density at radius 3 is 2.48 bits per heavy atom. The molecule has 1 aliphatic rings. The third-order valence-corrected chi connectivity index (χ3v) is 5.51. The summed E-state index contributed by atoms with van der Waals surface area (Å²) in [5.41, 5.74) is 4.58. The van der Waals surface area contributed by atoms with Crippen molar-refractivity contribution in [3.05, 3.63) is 77.0 Å². The van der Waals surface area contributed by atoms with Crippen molar-refractivity contribution in [1.29, 1.82) is 0 Å². The van der Waals surface area contributed by atoms with Crippen LogP contribution in [0.25, 0.3) is 11.4 Å². The average molecular weight is 415 g/mol. The number of hydrogen-bond acceptors (Lipinski definition) is 4. The molecule has 2 aromatic carbocycles. The fourth-order valence-electron chi connectivity index (χ4n) is 3.82. The minimum absolute atomic E-state index is 0.00652. The van der Waals surface area contributed by atoms with E-state index in [0.717, 1.165) is 16.7 Å². The Morgan fingerprint density at radius 1 is 1.10 bits per heavy atom. The highest BCUT2D eigenvalue weighted by Crippen LogP contribution is 2.32. The van der Waals surface area contributed by atoms with Crippen molar-refractivity contribution in [3.63, 3.8) is 0 Å². The summed E-state index contributed by atoms with van der Waals surface area (Å²) < 4.78 is 0. The van der Waals surface area contributed by atoms with Gasteiger partial charge in [-0.15, -0.1) is 0 Å². The molecule has 0 saturated carbocycles. The zero-order valence-electron chi connectivity index (χ0n) is 18.3. The van der Waals surface area contributed by atoms with Gasteiger partial charge in [0.25, 0.3) is 5.91 Å². The SMILES string of the molecule is CC(C)c1ccccc1-c1ncc2c(n1)N(Cc1ccc(C(=O)N(C)C)cc1)C(=O)C2. The van der Waals surface area contributed by atoms with Crippen molar-refractivity contribution >= 4 is 17.6 Å². The van der Waals surface area contributed by atoms with Gasteiger partial charge in [-0.3, -0.25) is 14.5 Å². The molecule has 0 N–H and O–H groups in total. The van der Waals surface area contributed by atoms with Crippen LogP contribution in [0.5, 0.6) is 0 Å². The maximum absolute atomic E-state index is 12.7. The minimum atomic E-state index is -0.0460. The zero-order valence-corrected chi connectivity index (χ0v) is 18.3. The van der Waals surface area contributed by atoms with E-state index in [-0.39, 0.29) is 11.8 Å². The molecule has 6 heteroatoms. The fourth-order valence-corrected chi connectivity index (χ4v) is 3.82. The zero-order chi connectivity index (χ0) is 22.1. The summed E-state index contributed by atoms with van der Waals surface area (Å²) in [5.74, 6) is 1.60. The van der Waals surface area contributed by atoms with Crippen LogP contribution in [-0.2, 0) is 17.8 Å². The molecule has 3 aromatic rings. The molecule has 0 unspecified atom stereocenters. The quantitative estimate of drug-likeness (QED) is 0.632. The lowest BCUT2D eigenvalue weighted by molar-refractivity contribution is -0.117. The van der Waals surface area contributed by atoms with E-state index in [9.17, 15) is 9.59 Å². The van der Waals surface area contributed by atoms with E-state index < -0.39 is 0 Å². The van der Waals surface area contributed by atoms with Crippen molar-refractivity contribution in [1.82, 2.24) is 14.9 Å². The predicted molar refractivity (Wildman–Crippen MR) is 121 cm³/mol. The lowest BCUT2D eigenvalue weighted by Crippen LogP contribution is -2.27. The topological polar surface area (TPSA) is 66.4 Å². The molecule has 6 nitrogen and oxygen atoms in total. The molecule has 0 aliphatic carbocycles. The number of carbonyl (C=O) groups is 2. The van der Waals surface area contributed by atoms with Crippen LogP contribution in [0.1, 0.15) is 46.8 Å². The summed E-state index contributed by atoms with van der Waals surface area (Å²) in [6.07, 6.45) is 2.07. The largest absolute Gasteiger partial charge is 0.345 e. The van der Waals surface area contributed by atoms with Crippen molar-refractivity contribution in [2.24, 2.45) is 0 Å². The first-order chi connectivity index (χ1) is 14.8. The monoisotopic (exact) mass is 414 g/mol. The van der Waals surface area contributed by atoms with E-state index in [1.54, 1.807) is 42.2 Å². The van der Waals surface area contributed by atoms with Crippen molar-refractivity contribution < 1.29 is 9.59 Å². The second-order valence-corrected chi connectivity index (χ2v) is 8.34. The Labute approximate surface area is 182 Å². The summed E-state index contributed by atoms with van der Waals surface area (Å²) in [6.45, 7) is 4.70. The predicted octanol–water partition coefficient (Wildman–Crippen LogP) is 4.06. The fraction of sp³-hybridized carbons (Fsp3) is 0.280. The highest BCUT2D eigenvalue weighted by molar-refractivity contribution is 6.00. The molecule has 4 rings (SSSR count). The lowest BCUT2D eigenvalue weighted by atomic mass is 9.97. The number of rotatable bonds is 5. The van der Waals surface area contributed by atoms with Gasteiger partial charge in [-0.25, -0.2) is 9.97 Å². The molecule has 158 valence electrons. The Balaban J connectivity index is 1.64. The standard InChI is InChI=1S/C25H26N4O2/c1-16(2)20-7-5-6-8-21(20)23-26-14-19-13-22(30)29(24(19)27-23)15-17-9-11-18(12-10-17)25(31)28(3)4/h5-12,14,16H,13,15H2,1-4H3. The molecular formula is C25H26N4O2. The molecule has 0 radical (unpaired) electrons. The third kappa shape index (κ3) is 4.06. The highest BCUT2D eigenvalue weighted by Gasteiger charge is 2.30. The number of amides is 2. The number of benzene rings is 2. The van der Waals surface area contributed by atoms with E-state index in [0.29, 0.717) is 36.1 Å². The van der Waals surface area contributed by atoms with Crippen molar-refractivity contribution in [3.8, 4) is 11.4 Å². The van der Waals surface area contributed by atoms with Gasteiger partial charge in [0.05, 0.1) is 13.0 Å². The first kappa shape index (κ1) is 20.7. The van der Waals surface area contributed by atoms with Crippen LogP contribution >= 0.6 is 0 Å². The molecule has 0 bridgehead atoms. The molecule has 31 heavy (non-hydrogen) atoms. The summed E-state index contributed by atoms with van der Waals surface area (Å²) in [7, 11) is 3.45. The van der Waals surface area contributed by atoms with Crippen LogP contribution in [0.15, 0.2) is 54.7 Å². The molecule has 0 spiro atoms. The Hall–Kier alpha value is -3.54. The van der Waals surface area contributed by atoms with Gasteiger partial charge in [-0.1, -0.05) is 50.2 Å². The molecule has 2 heterocycles. The maximum atomic E-state index is 12.7. The summed E-state index contributed by atoms with van der Waals surface area (Å²) in [6, 6.07) is 15.5. The Kier molecular flexibility index (Phi) is 5.55. The smallest absolute Gasteiger partial charge is 0.253 e. The van der Waals surface area contributed by atoms with Gasteiger partial charge in [0.1, 0.15) is 5.82 Å². The summed E-state index contributed by atoms with van der Waals surface area (Å²) >= 11 is 0. The van der Waals surface area contributed by atoms with Crippen molar-refractivity contribution in [2.75, 3.05) is 19.0 Å². The summed E-state index contributed by atoms with van der Waals surface area (Å²) in [4.78, 5) is 37.4. The second kappa shape index (κ2) is 8.30. The van der Waals surface area contributed by atoms with Crippen LogP contribution in [0.3, 0.4) is 0 Å². The first-order valence-corrected chi connectivity index (χ1v) is 10.4. The number of carbonyl (C=O) groups excluding carboxylic acids is 2. The van der Waals surface area contributed by atoms with Gasteiger partial charge in [-0.2, -0.15) is 0 Å². The molecule has 1 aromatic heterocycles. The van der Waals surface area contributed by atoms with E-state index in [1.165, 1.54) is 5.56 Å². The van der Waals surface area contributed by atoms with Gasteiger partial charge < -0.3 is 4.90 Å². The van der Waals surface area contributed by atoms with E-state index >= 15 is 0 Å². The Morgan fingerprint density at radius 2 is 1.81 bits per heavy atom. The minimum Gasteiger partial charge on any atom is -0.345 e. The molecule has 0 fully saturated rings. The summed E-state index contributed by atoms with van der Waals surface area (Å²) in [5, 5.41) is 0. The molecule has 0 atom stereocenters. The van der Waals surface area contributed by atoms with Crippen LogP contribution in [-0.4, -0.2) is 40.8 Å². The van der Waals surface area contributed by atoms with Crippen LogP contribution in [0, 0.1) is 0 Å². The molecule has 2 amide bonds. The Bertz CT molecular complexity index is 1140.